The standard InChI is InChI=1S/C19H23N3O5S/c1-21(2)9-4-10-22-18-8-7-17(11-14(18)12-19(22)24)28(25,26)27-20-15-5-3-6-16(23)13-15/h3,5-8,11,13,20,23H,4,9-10,12H2,1-2H3. The molecular formula is C19H23N3O5S. The predicted molar refractivity (Wildman–Crippen MR) is 106 cm³/mol. The summed E-state index contributed by atoms with van der Waals surface area (Å²) >= 11 is 0. The molecule has 0 radical (unpaired) electrons. The Morgan fingerprint density at radius 3 is 2.71 bits per heavy atom. The van der Waals surface area contributed by atoms with Gasteiger partial charge in [0.15, 0.2) is 0 Å². The van der Waals surface area contributed by atoms with Crippen LogP contribution >= 0.6 is 0 Å². The highest BCUT2D eigenvalue weighted by Gasteiger charge is 2.29. The summed E-state index contributed by atoms with van der Waals surface area (Å²) in [6.07, 6.45) is 0.996. The predicted octanol–water partition coefficient (Wildman–Crippen LogP) is 1.97. The van der Waals surface area contributed by atoms with Crippen LogP contribution in [0.2, 0.25) is 0 Å². The molecule has 2 N–H and O–H groups in total. The molecule has 3 rings (SSSR count). The molecule has 150 valence electrons. The summed E-state index contributed by atoms with van der Waals surface area (Å²) < 4.78 is 29.8. The van der Waals surface area contributed by atoms with Gasteiger partial charge in [0.1, 0.15) is 5.75 Å². The number of phenolic OH excluding ortho intramolecular Hbond substituents is 1. The number of nitrogens with zero attached hydrogens (tertiary/aromatic N) is 2. The number of carbonyl (C=O) groups excluding carboxylic acids is 1. The van der Waals surface area contributed by atoms with Gasteiger partial charge in [-0.15, -0.1) is 4.28 Å². The van der Waals surface area contributed by atoms with Gasteiger partial charge in [-0.3, -0.25) is 4.79 Å². The molecule has 1 heterocycles. The molecule has 0 aromatic heterocycles. The van der Waals surface area contributed by atoms with Gasteiger partial charge in [0.25, 0.3) is 0 Å². The van der Waals surface area contributed by atoms with E-state index in [1.165, 1.54) is 24.3 Å². The van der Waals surface area contributed by atoms with Crippen molar-refractivity contribution in [1.82, 2.24) is 4.90 Å². The molecule has 0 saturated carbocycles. The van der Waals surface area contributed by atoms with Gasteiger partial charge in [0, 0.05) is 18.3 Å². The molecule has 28 heavy (non-hydrogen) atoms. The number of carbonyl (C=O) groups is 1. The second-order valence-electron chi connectivity index (χ2n) is 6.86. The van der Waals surface area contributed by atoms with Crippen LogP contribution in [0.1, 0.15) is 12.0 Å². The number of amides is 1. The van der Waals surface area contributed by atoms with E-state index in [0.717, 1.165) is 18.7 Å². The van der Waals surface area contributed by atoms with Crippen LogP contribution in [0.15, 0.2) is 47.4 Å². The fraction of sp³-hybridized carbons (Fsp3) is 0.316. The summed E-state index contributed by atoms with van der Waals surface area (Å²) in [4.78, 5) is 16.0. The van der Waals surface area contributed by atoms with Gasteiger partial charge < -0.3 is 14.9 Å². The second-order valence-corrected chi connectivity index (χ2v) is 8.41. The average Bonchev–Trinajstić information content (AvgIpc) is 2.95. The summed E-state index contributed by atoms with van der Waals surface area (Å²) in [7, 11) is -0.137. The van der Waals surface area contributed by atoms with Gasteiger partial charge >= 0.3 is 10.1 Å². The van der Waals surface area contributed by atoms with Crippen LogP contribution in [0.5, 0.6) is 5.75 Å². The highest BCUT2D eigenvalue weighted by Crippen LogP contribution is 2.31. The number of hydrogen-bond acceptors (Lipinski definition) is 7. The lowest BCUT2D eigenvalue weighted by Gasteiger charge is -2.19. The van der Waals surface area contributed by atoms with Crippen LogP contribution in [0.25, 0.3) is 0 Å². The number of benzene rings is 2. The van der Waals surface area contributed by atoms with E-state index in [9.17, 15) is 18.3 Å². The Morgan fingerprint density at radius 1 is 1.21 bits per heavy atom. The highest BCUT2D eigenvalue weighted by atomic mass is 32.2. The Labute approximate surface area is 164 Å². The summed E-state index contributed by atoms with van der Waals surface area (Å²) in [5.41, 5.74) is 4.02. The smallest absolute Gasteiger partial charge is 0.317 e. The molecule has 0 bridgehead atoms. The molecule has 8 nitrogen and oxygen atoms in total. The number of aromatic hydroxyl groups is 1. The molecule has 2 aromatic rings. The number of anilines is 2. The van der Waals surface area contributed by atoms with Crippen molar-refractivity contribution in [3.63, 3.8) is 0 Å². The van der Waals surface area contributed by atoms with E-state index >= 15 is 0 Å². The lowest BCUT2D eigenvalue weighted by atomic mass is 10.2. The van der Waals surface area contributed by atoms with Crippen LogP contribution in [-0.4, -0.2) is 51.5 Å². The van der Waals surface area contributed by atoms with Crippen molar-refractivity contribution >= 4 is 27.4 Å². The van der Waals surface area contributed by atoms with Crippen LogP contribution in [0, 0.1) is 0 Å². The number of nitrogens with one attached hydrogen (secondary N) is 1. The van der Waals surface area contributed by atoms with Crippen LogP contribution in [-0.2, 0) is 25.6 Å². The summed E-state index contributed by atoms with van der Waals surface area (Å²) in [6.45, 7) is 1.45. The number of hydrogen-bond donors (Lipinski definition) is 2. The first kappa shape index (κ1) is 20.1. The van der Waals surface area contributed by atoms with Gasteiger partial charge in [-0.25, -0.2) is 5.48 Å². The molecule has 0 atom stereocenters. The first-order valence-electron chi connectivity index (χ1n) is 8.83. The van der Waals surface area contributed by atoms with E-state index < -0.39 is 10.1 Å². The zero-order valence-electron chi connectivity index (χ0n) is 15.8. The van der Waals surface area contributed by atoms with Crippen LogP contribution < -0.4 is 10.4 Å². The van der Waals surface area contributed by atoms with Crippen LogP contribution in [0.3, 0.4) is 0 Å². The van der Waals surface area contributed by atoms with Crippen molar-refractivity contribution in [2.45, 2.75) is 17.7 Å². The number of fused-ring (bicyclic) bond motifs is 1. The second kappa shape index (κ2) is 8.17. The molecule has 1 aliphatic rings. The van der Waals surface area contributed by atoms with E-state index in [4.69, 9.17) is 4.28 Å². The number of rotatable bonds is 8. The molecule has 1 amide bonds. The monoisotopic (exact) mass is 405 g/mol. The molecule has 1 aliphatic heterocycles. The van der Waals surface area contributed by atoms with Gasteiger partial charge in [-0.05, 0) is 63.0 Å². The molecule has 0 fully saturated rings. The quantitative estimate of drug-likeness (QED) is 0.648. The third kappa shape index (κ3) is 4.61. The fourth-order valence-electron chi connectivity index (χ4n) is 3.03. The number of phenols is 1. The minimum atomic E-state index is -4.09. The maximum Gasteiger partial charge on any atom is 0.317 e. The Balaban J connectivity index is 1.72. The zero-order chi connectivity index (χ0) is 20.3. The van der Waals surface area contributed by atoms with Crippen molar-refractivity contribution in [1.29, 1.82) is 0 Å². The minimum absolute atomic E-state index is 0.0172. The van der Waals surface area contributed by atoms with Gasteiger partial charge in [0.05, 0.1) is 17.0 Å². The largest absolute Gasteiger partial charge is 0.508 e. The van der Waals surface area contributed by atoms with E-state index in [2.05, 4.69) is 5.48 Å². The maximum absolute atomic E-state index is 12.4. The summed E-state index contributed by atoms with van der Waals surface area (Å²) in [5.74, 6) is -0.0569. The van der Waals surface area contributed by atoms with Crippen molar-refractivity contribution in [2.24, 2.45) is 0 Å². The SMILES string of the molecule is CN(C)CCCN1C(=O)Cc2cc(S(=O)(=O)ONc3cccc(O)c3)ccc21. The third-order valence-corrected chi connectivity index (χ3v) is 5.51. The molecule has 2 aromatic carbocycles. The molecule has 0 aliphatic carbocycles. The lowest BCUT2D eigenvalue weighted by Crippen LogP contribution is -2.29. The van der Waals surface area contributed by atoms with Crippen molar-refractivity contribution in [3.05, 3.63) is 48.0 Å². The molecule has 0 unspecified atom stereocenters. The summed E-state index contributed by atoms with van der Waals surface area (Å²) in [5, 5.41) is 9.42. The van der Waals surface area contributed by atoms with Crippen molar-refractivity contribution < 1.29 is 22.6 Å². The van der Waals surface area contributed by atoms with Crippen molar-refractivity contribution in [2.75, 3.05) is 37.6 Å². The molecular weight excluding hydrogens is 382 g/mol. The topological polar surface area (TPSA) is 99.2 Å². The Bertz CT molecular complexity index is 975. The highest BCUT2D eigenvalue weighted by molar-refractivity contribution is 7.86. The Hall–Kier alpha value is -2.62. The summed E-state index contributed by atoms with van der Waals surface area (Å²) in [6, 6.07) is 10.4. The maximum atomic E-state index is 12.4. The van der Waals surface area contributed by atoms with Gasteiger partial charge in [0.2, 0.25) is 5.91 Å². The van der Waals surface area contributed by atoms with E-state index in [1.807, 2.05) is 19.0 Å². The Morgan fingerprint density at radius 2 is 2.00 bits per heavy atom. The zero-order valence-corrected chi connectivity index (χ0v) is 16.6. The fourth-order valence-corrected chi connectivity index (χ4v) is 3.85. The molecule has 9 heteroatoms. The minimum Gasteiger partial charge on any atom is -0.508 e. The lowest BCUT2D eigenvalue weighted by molar-refractivity contribution is -0.117. The average molecular weight is 405 g/mol. The molecule has 0 spiro atoms. The normalized spacial score (nSPS) is 13.8. The molecule has 0 saturated heterocycles. The first-order valence-corrected chi connectivity index (χ1v) is 10.2. The van der Waals surface area contributed by atoms with Gasteiger partial charge in [-0.1, -0.05) is 6.07 Å². The Kier molecular flexibility index (Phi) is 5.87. The van der Waals surface area contributed by atoms with E-state index in [-0.39, 0.29) is 23.0 Å². The van der Waals surface area contributed by atoms with E-state index in [0.29, 0.717) is 17.8 Å². The third-order valence-electron chi connectivity index (χ3n) is 4.38. The van der Waals surface area contributed by atoms with Crippen molar-refractivity contribution in [3.8, 4) is 5.75 Å². The first-order chi connectivity index (χ1) is 13.3. The van der Waals surface area contributed by atoms with Gasteiger partial charge in [-0.2, -0.15) is 8.42 Å². The van der Waals surface area contributed by atoms with Crippen LogP contribution in [0.4, 0.5) is 11.4 Å². The van der Waals surface area contributed by atoms with E-state index in [1.54, 1.807) is 23.1 Å².